The molecule has 166 valence electrons. The van der Waals surface area contributed by atoms with E-state index in [0.717, 1.165) is 44.0 Å². The summed E-state index contributed by atoms with van der Waals surface area (Å²) >= 11 is 3.24. The van der Waals surface area contributed by atoms with Crippen molar-refractivity contribution in [2.75, 3.05) is 16.4 Å². The fourth-order valence-electron chi connectivity index (χ4n) is 4.11. The quantitative estimate of drug-likeness (QED) is 0.346. The van der Waals surface area contributed by atoms with E-state index in [4.69, 9.17) is 0 Å². The summed E-state index contributed by atoms with van der Waals surface area (Å²) in [7, 11) is 1.95. The van der Waals surface area contributed by atoms with Crippen molar-refractivity contribution >= 4 is 35.1 Å². The minimum atomic E-state index is 0.00113. The van der Waals surface area contributed by atoms with E-state index in [1.54, 1.807) is 11.8 Å². The van der Waals surface area contributed by atoms with Gasteiger partial charge in [-0.05, 0) is 30.2 Å². The zero-order valence-electron chi connectivity index (χ0n) is 18.5. The molecule has 1 aliphatic rings. The first kappa shape index (κ1) is 21.8. The van der Waals surface area contributed by atoms with E-state index < -0.39 is 0 Å². The third-order valence-electron chi connectivity index (χ3n) is 5.83. The summed E-state index contributed by atoms with van der Waals surface area (Å²) < 4.78 is 1.97. The van der Waals surface area contributed by atoms with Gasteiger partial charge in [-0.3, -0.25) is 4.79 Å². The molecule has 0 saturated carbocycles. The second-order valence-corrected chi connectivity index (χ2v) is 9.94. The van der Waals surface area contributed by atoms with Crippen molar-refractivity contribution in [1.82, 2.24) is 14.8 Å². The average Bonchev–Trinajstić information content (AvgIpc) is 3.22. The zero-order valence-corrected chi connectivity index (χ0v) is 20.1. The predicted molar refractivity (Wildman–Crippen MR) is 136 cm³/mol. The molecule has 4 aromatic rings. The summed E-state index contributed by atoms with van der Waals surface area (Å²) in [4.78, 5) is 16.7. The molecule has 0 N–H and O–H groups in total. The molecule has 1 unspecified atom stereocenters. The van der Waals surface area contributed by atoms with E-state index in [9.17, 15) is 4.79 Å². The lowest BCUT2D eigenvalue weighted by molar-refractivity contribution is -0.116. The number of anilines is 1. The number of para-hydroxylation sites is 1. The number of carbonyl (C=O) groups is 1. The molecular formula is C26H24N4OS2. The van der Waals surface area contributed by atoms with Crippen molar-refractivity contribution in [3.63, 3.8) is 0 Å². The van der Waals surface area contributed by atoms with Crippen LogP contribution in [0.5, 0.6) is 0 Å². The molecule has 3 aromatic carbocycles. The summed E-state index contributed by atoms with van der Waals surface area (Å²) in [6.45, 7) is 2.07. The first-order valence-corrected chi connectivity index (χ1v) is 12.8. The van der Waals surface area contributed by atoms with Gasteiger partial charge in [0.2, 0.25) is 5.91 Å². The van der Waals surface area contributed by atoms with Gasteiger partial charge < -0.3 is 9.47 Å². The van der Waals surface area contributed by atoms with Gasteiger partial charge in [0, 0.05) is 23.3 Å². The number of hydrogen-bond acceptors (Lipinski definition) is 5. The number of hydrogen-bond donors (Lipinski definition) is 0. The highest BCUT2D eigenvalue weighted by molar-refractivity contribution is 8.00. The van der Waals surface area contributed by atoms with Gasteiger partial charge >= 0.3 is 0 Å². The monoisotopic (exact) mass is 472 g/mol. The van der Waals surface area contributed by atoms with E-state index in [2.05, 4.69) is 41.4 Å². The molecule has 1 aliphatic heterocycles. The largest absolute Gasteiger partial charge is 0.305 e. The molecule has 1 amide bonds. The van der Waals surface area contributed by atoms with E-state index in [1.165, 1.54) is 11.8 Å². The Labute approximate surface area is 202 Å². The first-order valence-electron chi connectivity index (χ1n) is 10.8. The zero-order chi connectivity index (χ0) is 22.8. The van der Waals surface area contributed by atoms with Crippen LogP contribution in [-0.4, -0.2) is 32.2 Å². The minimum Gasteiger partial charge on any atom is -0.305 e. The normalized spacial score (nSPS) is 15.3. The predicted octanol–water partition coefficient (Wildman–Crippen LogP) is 5.76. The Morgan fingerprint density at radius 3 is 2.55 bits per heavy atom. The lowest BCUT2D eigenvalue weighted by atomic mass is 10.1. The molecule has 33 heavy (non-hydrogen) atoms. The van der Waals surface area contributed by atoms with Crippen LogP contribution in [-0.2, 0) is 11.8 Å². The standard InChI is InChI=1S/C26H24N4OS2/c1-18-10-6-7-13-20(18)25-27-28-26(29(25)2)33-17-24(31)30-21-14-8-9-15-23(21)32-16-22(30)19-11-4-3-5-12-19/h3-15,22H,16-17H2,1-2H3. The number of rotatable bonds is 5. The highest BCUT2D eigenvalue weighted by Gasteiger charge is 2.32. The maximum Gasteiger partial charge on any atom is 0.238 e. The molecule has 1 aromatic heterocycles. The Morgan fingerprint density at radius 1 is 1.00 bits per heavy atom. The van der Waals surface area contributed by atoms with Crippen molar-refractivity contribution in [3.05, 3.63) is 90.0 Å². The third kappa shape index (κ3) is 4.30. The molecule has 0 spiro atoms. The van der Waals surface area contributed by atoms with Gasteiger partial charge in [0.05, 0.1) is 17.5 Å². The second-order valence-electron chi connectivity index (χ2n) is 7.94. The second kappa shape index (κ2) is 9.45. The number of aromatic nitrogens is 3. The smallest absolute Gasteiger partial charge is 0.238 e. The number of thioether (sulfide) groups is 2. The maximum atomic E-state index is 13.6. The summed E-state index contributed by atoms with van der Waals surface area (Å²) in [6.07, 6.45) is 0. The number of aryl methyl sites for hydroxylation is 1. The molecule has 0 aliphatic carbocycles. The maximum absolute atomic E-state index is 13.6. The summed E-state index contributed by atoms with van der Waals surface area (Å²) in [5.41, 5.74) is 4.33. The van der Waals surface area contributed by atoms with E-state index in [0.29, 0.717) is 5.75 Å². The topological polar surface area (TPSA) is 51.0 Å². The van der Waals surface area contributed by atoms with Crippen LogP contribution in [0.3, 0.4) is 0 Å². The van der Waals surface area contributed by atoms with Crippen molar-refractivity contribution in [2.24, 2.45) is 7.05 Å². The molecule has 0 fully saturated rings. The van der Waals surface area contributed by atoms with Crippen LogP contribution < -0.4 is 4.90 Å². The average molecular weight is 473 g/mol. The number of fused-ring (bicyclic) bond motifs is 1. The molecule has 1 atom stereocenters. The molecule has 2 heterocycles. The van der Waals surface area contributed by atoms with Crippen molar-refractivity contribution in [1.29, 1.82) is 0 Å². The Kier molecular flexibility index (Phi) is 6.24. The van der Waals surface area contributed by atoms with Gasteiger partial charge in [-0.25, -0.2) is 0 Å². The van der Waals surface area contributed by atoms with Crippen LogP contribution in [0.4, 0.5) is 5.69 Å². The van der Waals surface area contributed by atoms with Crippen LogP contribution in [0.1, 0.15) is 17.2 Å². The minimum absolute atomic E-state index is 0.00113. The third-order valence-corrected chi connectivity index (χ3v) is 7.98. The van der Waals surface area contributed by atoms with E-state index in [-0.39, 0.29) is 11.9 Å². The summed E-state index contributed by atoms with van der Waals surface area (Å²) in [5.74, 6) is 2.01. The van der Waals surface area contributed by atoms with Crippen LogP contribution in [0.25, 0.3) is 11.4 Å². The Balaban J connectivity index is 1.40. The number of amides is 1. The van der Waals surface area contributed by atoms with E-state index >= 15 is 0 Å². The van der Waals surface area contributed by atoms with Gasteiger partial charge in [0.15, 0.2) is 11.0 Å². The van der Waals surface area contributed by atoms with E-state index in [1.807, 2.05) is 71.1 Å². The fraction of sp³-hybridized carbons (Fsp3) is 0.192. The highest BCUT2D eigenvalue weighted by Crippen LogP contribution is 2.43. The SMILES string of the molecule is Cc1ccccc1-c1nnc(SCC(=O)N2c3ccccc3SCC2c2ccccc2)n1C. The lowest BCUT2D eigenvalue weighted by Gasteiger charge is -2.37. The number of benzene rings is 3. The van der Waals surface area contributed by atoms with Crippen molar-refractivity contribution in [2.45, 2.75) is 23.0 Å². The van der Waals surface area contributed by atoms with Crippen molar-refractivity contribution < 1.29 is 4.79 Å². The van der Waals surface area contributed by atoms with Gasteiger partial charge in [0.25, 0.3) is 0 Å². The Morgan fingerprint density at radius 2 is 1.73 bits per heavy atom. The van der Waals surface area contributed by atoms with Gasteiger partial charge in [-0.2, -0.15) is 0 Å². The van der Waals surface area contributed by atoms with Crippen LogP contribution in [0.2, 0.25) is 0 Å². The van der Waals surface area contributed by atoms with Crippen LogP contribution in [0, 0.1) is 6.92 Å². The lowest BCUT2D eigenvalue weighted by Crippen LogP contribution is -2.39. The summed E-state index contributed by atoms with van der Waals surface area (Å²) in [5, 5.41) is 9.51. The van der Waals surface area contributed by atoms with Crippen LogP contribution in [0.15, 0.2) is 88.9 Å². The molecule has 0 bridgehead atoms. The first-order chi connectivity index (χ1) is 16.1. The molecular weight excluding hydrogens is 448 g/mol. The van der Waals surface area contributed by atoms with Gasteiger partial charge in [-0.1, -0.05) is 78.5 Å². The van der Waals surface area contributed by atoms with Crippen molar-refractivity contribution in [3.8, 4) is 11.4 Å². The summed E-state index contributed by atoms with van der Waals surface area (Å²) in [6, 6.07) is 26.6. The van der Waals surface area contributed by atoms with Gasteiger partial charge in [0.1, 0.15) is 0 Å². The Bertz CT molecular complexity index is 1290. The Hall–Kier alpha value is -3.03. The number of carbonyl (C=O) groups excluding carboxylic acids is 1. The fourth-order valence-corrected chi connectivity index (χ4v) is 6.05. The molecule has 7 heteroatoms. The number of nitrogens with zero attached hydrogens (tertiary/aromatic N) is 4. The van der Waals surface area contributed by atoms with Crippen LogP contribution >= 0.6 is 23.5 Å². The van der Waals surface area contributed by atoms with Gasteiger partial charge in [-0.15, -0.1) is 22.0 Å². The molecule has 0 saturated heterocycles. The molecule has 0 radical (unpaired) electrons. The molecule has 5 rings (SSSR count). The molecule has 5 nitrogen and oxygen atoms in total. The highest BCUT2D eigenvalue weighted by atomic mass is 32.2.